The topological polar surface area (TPSA) is 118 Å². The highest BCUT2D eigenvalue weighted by molar-refractivity contribution is 6.09. The van der Waals surface area contributed by atoms with E-state index in [0.717, 1.165) is 27.8 Å². The van der Waals surface area contributed by atoms with Crippen molar-refractivity contribution in [2.45, 2.75) is 18.9 Å². The van der Waals surface area contributed by atoms with Gasteiger partial charge >= 0.3 is 0 Å². The lowest BCUT2D eigenvalue weighted by atomic mass is 9.93. The Morgan fingerprint density at radius 2 is 1.62 bits per heavy atom. The summed E-state index contributed by atoms with van der Waals surface area (Å²) in [6.07, 6.45) is 1.02. The summed E-state index contributed by atoms with van der Waals surface area (Å²) in [6.45, 7) is 0. The first-order chi connectivity index (χ1) is 21.9. The molecule has 0 saturated heterocycles. The summed E-state index contributed by atoms with van der Waals surface area (Å²) >= 11 is 0. The molecule has 0 aliphatic carbocycles. The summed E-state index contributed by atoms with van der Waals surface area (Å²) in [6, 6.07) is 36.1. The molecule has 2 heterocycles. The van der Waals surface area contributed by atoms with Gasteiger partial charge in [0.05, 0.1) is 28.1 Å². The molecule has 0 radical (unpaired) electrons. The summed E-state index contributed by atoms with van der Waals surface area (Å²) in [7, 11) is 0. The molecule has 45 heavy (non-hydrogen) atoms. The molecule has 8 heteroatoms. The Labute approximate surface area is 258 Å². The number of carbonyl (C=O) groups excluding carboxylic acids is 1. The molecule has 1 aromatic heterocycles. The molecule has 5 aromatic carbocycles. The fraction of sp³-hybridized carbons (Fsp3) is 0.0811. The maximum Gasteiger partial charge on any atom is 0.271 e. The predicted octanol–water partition coefficient (Wildman–Crippen LogP) is 8.55. The first-order valence-electron chi connectivity index (χ1n) is 14.5. The number of ketones is 1. The number of phenols is 1. The van der Waals surface area contributed by atoms with Crippen LogP contribution in [0.25, 0.3) is 11.0 Å². The summed E-state index contributed by atoms with van der Waals surface area (Å²) < 4.78 is 5.87. The fourth-order valence-corrected chi connectivity index (χ4v) is 5.75. The second kappa shape index (κ2) is 11.6. The van der Waals surface area contributed by atoms with E-state index in [1.807, 2.05) is 78.9 Å². The summed E-state index contributed by atoms with van der Waals surface area (Å²) in [4.78, 5) is 28.9. The number of nitro groups is 1. The van der Waals surface area contributed by atoms with Crippen LogP contribution < -0.4 is 5.32 Å². The molecule has 0 fully saturated rings. The van der Waals surface area contributed by atoms with Gasteiger partial charge in [-0.25, -0.2) is 0 Å². The average molecular weight is 594 g/mol. The normalized spacial score (nSPS) is 14.2. The van der Waals surface area contributed by atoms with Crippen LogP contribution in [0, 0.1) is 10.1 Å². The van der Waals surface area contributed by atoms with Crippen molar-refractivity contribution in [3.8, 4) is 5.75 Å². The number of nitrogens with one attached hydrogen (secondary N) is 1. The van der Waals surface area contributed by atoms with Crippen LogP contribution in [0.3, 0.4) is 0 Å². The number of carbonyl (C=O) groups is 1. The van der Waals surface area contributed by atoms with E-state index in [0.29, 0.717) is 40.9 Å². The van der Waals surface area contributed by atoms with Gasteiger partial charge in [0.1, 0.15) is 11.3 Å². The maximum absolute atomic E-state index is 12.9. The van der Waals surface area contributed by atoms with E-state index in [1.54, 1.807) is 30.3 Å². The standard InChI is InChI=1S/C37H27N3O5/c41-34-15-11-24(17-23-12-16-35-27(18-23)20-36(45-35)37(42)26-9-5-2-6-10-26)19-29(34)32-22-31(25-7-3-1-4-8-25)38-30-14-13-28(40(43)44)21-33(30)39-32/h1-16,18-21,32,39,41H,17,22H2. The number of hydrogen-bond acceptors (Lipinski definition) is 7. The average Bonchev–Trinajstić information content (AvgIpc) is 3.39. The lowest BCUT2D eigenvalue weighted by molar-refractivity contribution is -0.384. The van der Waals surface area contributed by atoms with Gasteiger partial charge in [-0.3, -0.25) is 19.9 Å². The van der Waals surface area contributed by atoms with Crippen LogP contribution >= 0.6 is 0 Å². The van der Waals surface area contributed by atoms with E-state index in [9.17, 15) is 20.0 Å². The number of anilines is 1. The zero-order valence-electron chi connectivity index (χ0n) is 24.0. The molecular formula is C37H27N3O5. The summed E-state index contributed by atoms with van der Waals surface area (Å²) in [5.41, 5.74) is 6.66. The van der Waals surface area contributed by atoms with Gasteiger partial charge in [-0.1, -0.05) is 72.8 Å². The van der Waals surface area contributed by atoms with Gasteiger partial charge in [0, 0.05) is 35.1 Å². The van der Waals surface area contributed by atoms with E-state index < -0.39 is 11.0 Å². The Hall–Kier alpha value is -6.02. The van der Waals surface area contributed by atoms with Crippen LogP contribution in [0.15, 0.2) is 131 Å². The Morgan fingerprint density at radius 3 is 2.40 bits per heavy atom. The van der Waals surface area contributed by atoms with Crippen LogP contribution in [0.5, 0.6) is 5.75 Å². The van der Waals surface area contributed by atoms with Gasteiger partial charge in [-0.15, -0.1) is 0 Å². The molecule has 7 rings (SSSR count). The van der Waals surface area contributed by atoms with Crippen molar-refractivity contribution in [3.63, 3.8) is 0 Å². The van der Waals surface area contributed by atoms with Gasteiger partial charge in [0.2, 0.25) is 5.78 Å². The van der Waals surface area contributed by atoms with E-state index in [-0.39, 0.29) is 23.0 Å². The molecule has 220 valence electrons. The van der Waals surface area contributed by atoms with E-state index in [2.05, 4.69) is 5.32 Å². The van der Waals surface area contributed by atoms with Crippen molar-refractivity contribution in [3.05, 3.63) is 165 Å². The second-order valence-electron chi connectivity index (χ2n) is 11.0. The van der Waals surface area contributed by atoms with Crippen LogP contribution in [-0.2, 0) is 6.42 Å². The molecule has 6 aromatic rings. The molecule has 8 nitrogen and oxygen atoms in total. The molecule has 1 aliphatic heterocycles. The minimum atomic E-state index is -0.431. The number of fused-ring (bicyclic) bond motifs is 2. The van der Waals surface area contributed by atoms with E-state index in [1.165, 1.54) is 12.1 Å². The van der Waals surface area contributed by atoms with Crippen molar-refractivity contribution >= 4 is 39.5 Å². The van der Waals surface area contributed by atoms with Crippen LogP contribution in [0.2, 0.25) is 0 Å². The SMILES string of the molecule is O=C(c1ccccc1)c1cc2cc(Cc3ccc(O)c(C4CC(c5ccccc5)=Nc5ccc([N+](=O)[O-])cc5N4)c3)ccc2o1. The number of aliphatic imine (C=N–C) groups is 1. The Balaban J connectivity index is 1.20. The molecule has 1 aliphatic rings. The monoisotopic (exact) mass is 593 g/mol. The minimum absolute atomic E-state index is 0.0420. The van der Waals surface area contributed by atoms with Gasteiger partial charge in [0.25, 0.3) is 5.69 Å². The number of aromatic hydroxyl groups is 1. The number of phenolic OH excluding ortho intramolecular Hbond substituents is 1. The zero-order valence-corrected chi connectivity index (χ0v) is 24.0. The number of nitro benzene ring substituents is 1. The van der Waals surface area contributed by atoms with Crippen LogP contribution in [0.4, 0.5) is 17.1 Å². The van der Waals surface area contributed by atoms with Crippen molar-refractivity contribution < 1.29 is 19.2 Å². The van der Waals surface area contributed by atoms with Crippen molar-refractivity contribution in [1.29, 1.82) is 0 Å². The maximum atomic E-state index is 12.9. The predicted molar refractivity (Wildman–Crippen MR) is 174 cm³/mol. The first kappa shape index (κ1) is 27.8. The molecule has 0 bridgehead atoms. The van der Waals surface area contributed by atoms with Gasteiger partial charge in [-0.05, 0) is 59.5 Å². The number of non-ortho nitro benzene ring substituents is 1. The highest BCUT2D eigenvalue weighted by Crippen LogP contribution is 2.40. The number of benzene rings is 5. The zero-order chi connectivity index (χ0) is 30.9. The van der Waals surface area contributed by atoms with Gasteiger partial charge in [0.15, 0.2) is 5.76 Å². The van der Waals surface area contributed by atoms with Crippen LogP contribution in [0.1, 0.15) is 50.8 Å². The fourth-order valence-electron chi connectivity index (χ4n) is 5.75. The third-order valence-corrected chi connectivity index (χ3v) is 8.00. The third-order valence-electron chi connectivity index (χ3n) is 8.00. The molecule has 1 unspecified atom stereocenters. The summed E-state index contributed by atoms with van der Waals surface area (Å²) in [5.74, 6) is 0.237. The summed E-state index contributed by atoms with van der Waals surface area (Å²) in [5, 5.41) is 26.9. The van der Waals surface area contributed by atoms with Crippen molar-refractivity contribution in [2.75, 3.05) is 5.32 Å². The van der Waals surface area contributed by atoms with Crippen molar-refractivity contribution in [2.24, 2.45) is 4.99 Å². The lowest BCUT2D eigenvalue weighted by Crippen LogP contribution is -2.15. The van der Waals surface area contributed by atoms with E-state index in [4.69, 9.17) is 9.41 Å². The third kappa shape index (κ3) is 5.69. The Kier molecular flexibility index (Phi) is 7.15. The Morgan fingerprint density at radius 1 is 0.889 bits per heavy atom. The largest absolute Gasteiger partial charge is 0.508 e. The number of furan rings is 1. The minimum Gasteiger partial charge on any atom is -0.508 e. The molecule has 0 amide bonds. The van der Waals surface area contributed by atoms with E-state index >= 15 is 0 Å². The number of rotatable bonds is 7. The highest BCUT2D eigenvalue weighted by atomic mass is 16.6. The highest BCUT2D eigenvalue weighted by Gasteiger charge is 2.25. The Bertz CT molecular complexity index is 2100. The van der Waals surface area contributed by atoms with Gasteiger partial charge < -0.3 is 14.8 Å². The molecule has 0 spiro atoms. The number of nitrogens with zero attached hydrogens (tertiary/aromatic N) is 2. The first-order valence-corrected chi connectivity index (χ1v) is 14.5. The number of hydrogen-bond donors (Lipinski definition) is 2. The quantitative estimate of drug-likeness (QED) is 0.109. The van der Waals surface area contributed by atoms with Gasteiger partial charge in [-0.2, -0.15) is 0 Å². The second-order valence-corrected chi connectivity index (χ2v) is 11.0. The lowest BCUT2D eigenvalue weighted by Gasteiger charge is -2.21. The molecule has 2 N–H and O–H groups in total. The van der Waals surface area contributed by atoms with Crippen LogP contribution in [-0.4, -0.2) is 21.5 Å². The molecule has 1 atom stereocenters. The molecular weight excluding hydrogens is 566 g/mol. The smallest absolute Gasteiger partial charge is 0.271 e. The molecule has 0 saturated carbocycles. The van der Waals surface area contributed by atoms with Crippen molar-refractivity contribution in [1.82, 2.24) is 0 Å².